The van der Waals surface area contributed by atoms with Gasteiger partial charge < -0.3 is 5.11 Å². The predicted molar refractivity (Wildman–Crippen MR) is 75.1 cm³/mol. The third-order valence-corrected chi connectivity index (χ3v) is 3.63. The van der Waals surface area contributed by atoms with Crippen molar-refractivity contribution in [2.24, 2.45) is 0 Å². The number of carboxylic acid groups (broad SMARTS) is 1. The fourth-order valence-electron chi connectivity index (χ4n) is 2.56. The number of hydrogen-bond donors (Lipinski definition) is 1. The van der Waals surface area contributed by atoms with E-state index in [1.165, 1.54) is 12.1 Å². The quantitative estimate of drug-likeness (QED) is 0.905. The number of halogens is 1. The molecule has 0 radical (unpaired) electrons. The second-order valence-electron chi connectivity index (χ2n) is 5.21. The molecule has 0 bridgehead atoms. The van der Waals surface area contributed by atoms with Crippen molar-refractivity contribution in [2.45, 2.75) is 13.0 Å². The molecule has 0 unspecified atom stereocenters. The van der Waals surface area contributed by atoms with Gasteiger partial charge in [0.05, 0.1) is 18.2 Å². The van der Waals surface area contributed by atoms with Gasteiger partial charge in [0.1, 0.15) is 5.82 Å². The number of aliphatic carboxylic acids is 1. The SMILES string of the molecule is N#Cc1cc(F)ccc1CN1CCCN(CC(=O)O)CC1. The lowest BCUT2D eigenvalue weighted by Gasteiger charge is -2.21. The molecule has 21 heavy (non-hydrogen) atoms. The van der Waals surface area contributed by atoms with Crippen LogP contribution in [0.1, 0.15) is 17.5 Å². The van der Waals surface area contributed by atoms with Crippen LogP contribution in [-0.4, -0.2) is 53.6 Å². The van der Waals surface area contributed by atoms with Crippen molar-refractivity contribution >= 4 is 5.97 Å². The van der Waals surface area contributed by atoms with Gasteiger partial charge in [0.25, 0.3) is 0 Å². The van der Waals surface area contributed by atoms with Crippen LogP contribution in [0.2, 0.25) is 0 Å². The van der Waals surface area contributed by atoms with Crippen molar-refractivity contribution in [2.75, 3.05) is 32.7 Å². The molecule has 112 valence electrons. The first-order valence-corrected chi connectivity index (χ1v) is 6.93. The Morgan fingerprint density at radius 2 is 2.00 bits per heavy atom. The van der Waals surface area contributed by atoms with Crippen molar-refractivity contribution in [1.29, 1.82) is 5.26 Å². The zero-order valence-corrected chi connectivity index (χ0v) is 11.8. The van der Waals surface area contributed by atoms with E-state index in [0.717, 1.165) is 31.6 Å². The predicted octanol–water partition coefficient (Wildman–Crippen LogP) is 1.29. The minimum atomic E-state index is -0.811. The first kappa shape index (κ1) is 15.4. The number of nitriles is 1. The van der Waals surface area contributed by atoms with E-state index < -0.39 is 11.8 Å². The molecule has 0 aromatic heterocycles. The molecule has 1 aliphatic rings. The zero-order chi connectivity index (χ0) is 15.2. The summed E-state index contributed by atoms with van der Waals surface area (Å²) in [5.74, 6) is -1.22. The van der Waals surface area contributed by atoms with E-state index in [1.54, 1.807) is 6.07 Å². The summed E-state index contributed by atoms with van der Waals surface area (Å²) >= 11 is 0. The maximum Gasteiger partial charge on any atom is 0.317 e. The molecular formula is C15H18FN3O2. The van der Waals surface area contributed by atoms with Crippen LogP contribution in [0.5, 0.6) is 0 Å². The molecule has 1 heterocycles. The molecule has 1 saturated heterocycles. The van der Waals surface area contributed by atoms with Crippen LogP contribution in [0.15, 0.2) is 18.2 Å². The lowest BCUT2D eigenvalue weighted by molar-refractivity contribution is -0.138. The van der Waals surface area contributed by atoms with Gasteiger partial charge in [-0.25, -0.2) is 4.39 Å². The molecule has 0 atom stereocenters. The fraction of sp³-hybridized carbons (Fsp3) is 0.467. The Balaban J connectivity index is 1.98. The highest BCUT2D eigenvalue weighted by Crippen LogP contribution is 2.14. The summed E-state index contributed by atoms with van der Waals surface area (Å²) < 4.78 is 13.1. The molecule has 1 aromatic carbocycles. The van der Waals surface area contributed by atoms with Crippen molar-refractivity contribution in [3.05, 3.63) is 35.1 Å². The van der Waals surface area contributed by atoms with Crippen molar-refractivity contribution in [1.82, 2.24) is 9.80 Å². The average Bonchev–Trinajstić information content (AvgIpc) is 2.66. The lowest BCUT2D eigenvalue weighted by Crippen LogP contribution is -2.34. The topological polar surface area (TPSA) is 67.6 Å². The Morgan fingerprint density at radius 1 is 1.29 bits per heavy atom. The molecule has 2 rings (SSSR count). The van der Waals surface area contributed by atoms with E-state index in [-0.39, 0.29) is 6.54 Å². The van der Waals surface area contributed by atoms with E-state index in [1.807, 2.05) is 11.0 Å². The van der Waals surface area contributed by atoms with Crippen LogP contribution in [-0.2, 0) is 11.3 Å². The number of rotatable bonds is 4. The lowest BCUT2D eigenvalue weighted by atomic mass is 10.1. The Kier molecular flexibility index (Phi) is 5.26. The smallest absolute Gasteiger partial charge is 0.317 e. The van der Waals surface area contributed by atoms with Crippen LogP contribution >= 0.6 is 0 Å². The largest absolute Gasteiger partial charge is 0.480 e. The third-order valence-electron chi connectivity index (χ3n) is 3.63. The zero-order valence-electron chi connectivity index (χ0n) is 11.8. The highest BCUT2D eigenvalue weighted by atomic mass is 19.1. The maximum absolute atomic E-state index is 13.1. The Hall–Kier alpha value is -1.97. The summed E-state index contributed by atoms with van der Waals surface area (Å²) in [6, 6.07) is 6.29. The molecule has 6 heteroatoms. The van der Waals surface area contributed by atoms with Gasteiger partial charge in [0.15, 0.2) is 0 Å². The number of hydrogen-bond acceptors (Lipinski definition) is 4. The van der Waals surface area contributed by atoms with Gasteiger partial charge >= 0.3 is 5.97 Å². The van der Waals surface area contributed by atoms with Gasteiger partial charge in [-0.1, -0.05) is 6.07 Å². The van der Waals surface area contributed by atoms with Crippen LogP contribution in [0.25, 0.3) is 0 Å². The molecule has 1 aromatic rings. The van der Waals surface area contributed by atoms with Crippen molar-refractivity contribution in [3.63, 3.8) is 0 Å². The van der Waals surface area contributed by atoms with Gasteiger partial charge in [-0.2, -0.15) is 5.26 Å². The van der Waals surface area contributed by atoms with Crippen molar-refractivity contribution in [3.8, 4) is 6.07 Å². The molecule has 0 spiro atoms. The van der Waals surface area contributed by atoms with Gasteiger partial charge in [-0.15, -0.1) is 0 Å². The van der Waals surface area contributed by atoms with Gasteiger partial charge in [-0.3, -0.25) is 14.6 Å². The monoisotopic (exact) mass is 291 g/mol. The maximum atomic E-state index is 13.1. The minimum absolute atomic E-state index is 0.0633. The Morgan fingerprint density at radius 3 is 2.71 bits per heavy atom. The van der Waals surface area contributed by atoms with Crippen LogP contribution in [0.3, 0.4) is 0 Å². The van der Waals surface area contributed by atoms with Crippen LogP contribution in [0.4, 0.5) is 4.39 Å². The van der Waals surface area contributed by atoms with Gasteiger partial charge in [-0.05, 0) is 30.7 Å². The van der Waals surface area contributed by atoms with E-state index in [9.17, 15) is 9.18 Å². The van der Waals surface area contributed by atoms with E-state index in [2.05, 4.69) is 4.90 Å². The number of nitrogens with zero attached hydrogens (tertiary/aromatic N) is 3. The molecule has 0 amide bonds. The number of benzene rings is 1. The van der Waals surface area contributed by atoms with E-state index in [0.29, 0.717) is 18.7 Å². The fourth-order valence-corrected chi connectivity index (χ4v) is 2.56. The second kappa shape index (κ2) is 7.16. The molecule has 1 aliphatic heterocycles. The summed E-state index contributed by atoms with van der Waals surface area (Å²) in [7, 11) is 0. The summed E-state index contributed by atoms with van der Waals surface area (Å²) in [6.45, 7) is 3.69. The summed E-state index contributed by atoms with van der Waals surface area (Å²) in [6.07, 6.45) is 0.885. The molecule has 0 aliphatic carbocycles. The standard InChI is InChI=1S/C15H18FN3O2/c16-14-3-2-12(13(8-14)9-17)10-18-4-1-5-19(7-6-18)11-15(20)21/h2-3,8H,1,4-7,10-11H2,(H,20,21). The highest BCUT2D eigenvalue weighted by Gasteiger charge is 2.17. The molecule has 0 saturated carbocycles. The Bertz CT molecular complexity index is 556. The normalized spacial score (nSPS) is 17.1. The molecule has 5 nitrogen and oxygen atoms in total. The summed E-state index contributed by atoms with van der Waals surface area (Å²) in [5, 5.41) is 17.9. The number of carbonyl (C=O) groups is 1. The average molecular weight is 291 g/mol. The van der Waals surface area contributed by atoms with Crippen molar-refractivity contribution < 1.29 is 14.3 Å². The van der Waals surface area contributed by atoms with Gasteiger partial charge in [0.2, 0.25) is 0 Å². The number of carboxylic acids is 1. The van der Waals surface area contributed by atoms with E-state index >= 15 is 0 Å². The third kappa shape index (κ3) is 4.52. The van der Waals surface area contributed by atoms with E-state index in [4.69, 9.17) is 10.4 Å². The second-order valence-corrected chi connectivity index (χ2v) is 5.21. The first-order chi connectivity index (χ1) is 10.1. The summed E-state index contributed by atoms with van der Waals surface area (Å²) in [5.41, 5.74) is 1.17. The minimum Gasteiger partial charge on any atom is -0.480 e. The molecule has 1 fully saturated rings. The van der Waals surface area contributed by atoms with Gasteiger partial charge in [0, 0.05) is 26.2 Å². The first-order valence-electron chi connectivity index (χ1n) is 6.93. The highest BCUT2D eigenvalue weighted by molar-refractivity contribution is 5.69. The molecule has 1 N–H and O–H groups in total. The summed E-state index contributed by atoms with van der Waals surface area (Å²) in [4.78, 5) is 14.8. The Labute approximate surface area is 123 Å². The van der Waals surface area contributed by atoms with Crippen LogP contribution < -0.4 is 0 Å². The molecular weight excluding hydrogens is 273 g/mol. The van der Waals surface area contributed by atoms with Crippen LogP contribution in [0, 0.1) is 17.1 Å².